The number of ether oxygens (including phenoxy) is 1. The van der Waals surface area contributed by atoms with Gasteiger partial charge in [-0.1, -0.05) is 43.6 Å². The molecular weight excluding hydrogens is 632 g/mol. The molecule has 0 fully saturated rings. The van der Waals surface area contributed by atoms with Gasteiger partial charge in [-0.2, -0.15) is 4.98 Å². The summed E-state index contributed by atoms with van der Waals surface area (Å²) in [5, 5.41) is 20.9. The molecule has 242 valence electrons. The SMILES string of the molecule is COc1ccc(NC(=O)CNC(=O)c2cc(C(C)C)ccc2O)cc1Nc1ncc(Cl)c(Nc2ccccc2S(=O)(=O)C(C)C)n1. The van der Waals surface area contributed by atoms with Gasteiger partial charge < -0.3 is 31.1 Å². The van der Waals surface area contributed by atoms with E-state index in [0.29, 0.717) is 22.8 Å². The van der Waals surface area contributed by atoms with Gasteiger partial charge >= 0.3 is 0 Å². The summed E-state index contributed by atoms with van der Waals surface area (Å²) in [6, 6.07) is 16.1. The minimum Gasteiger partial charge on any atom is -0.507 e. The number of aromatic hydroxyl groups is 1. The van der Waals surface area contributed by atoms with Gasteiger partial charge in [-0.25, -0.2) is 13.4 Å². The number of hydrogen-bond acceptors (Lipinski definition) is 10. The van der Waals surface area contributed by atoms with Crippen LogP contribution in [0.4, 0.5) is 28.8 Å². The molecule has 0 atom stereocenters. The number of nitrogens with one attached hydrogen (secondary N) is 4. The Morgan fingerprint density at radius 1 is 0.978 bits per heavy atom. The van der Waals surface area contributed by atoms with E-state index in [1.54, 1.807) is 62.4 Å². The second-order valence-corrected chi connectivity index (χ2v) is 13.7. The Morgan fingerprint density at radius 2 is 1.72 bits per heavy atom. The van der Waals surface area contributed by atoms with Crippen LogP contribution >= 0.6 is 11.6 Å². The van der Waals surface area contributed by atoms with E-state index in [2.05, 4.69) is 31.2 Å². The van der Waals surface area contributed by atoms with E-state index in [4.69, 9.17) is 16.3 Å². The van der Waals surface area contributed by atoms with E-state index in [9.17, 15) is 23.1 Å². The number of carbonyl (C=O) groups excluding carboxylic acids is 2. The van der Waals surface area contributed by atoms with E-state index < -0.39 is 26.9 Å². The number of aromatic nitrogens is 2. The second kappa shape index (κ2) is 14.5. The molecule has 14 heteroatoms. The molecule has 0 radical (unpaired) electrons. The van der Waals surface area contributed by atoms with Crippen LogP contribution in [0.25, 0.3) is 0 Å². The van der Waals surface area contributed by atoms with Gasteiger partial charge in [0.05, 0.1) is 46.9 Å². The molecule has 4 rings (SSSR count). The summed E-state index contributed by atoms with van der Waals surface area (Å²) in [6.45, 7) is 6.80. The Kier molecular flexibility index (Phi) is 10.7. The van der Waals surface area contributed by atoms with Crippen molar-refractivity contribution in [1.29, 1.82) is 0 Å². The van der Waals surface area contributed by atoms with Crippen LogP contribution in [0.5, 0.6) is 11.5 Å². The average molecular weight is 667 g/mol. The summed E-state index contributed by atoms with van der Waals surface area (Å²) in [5.74, 6) is -0.439. The van der Waals surface area contributed by atoms with Crippen molar-refractivity contribution >= 4 is 62.1 Å². The largest absolute Gasteiger partial charge is 0.507 e. The molecule has 0 spiro atoms. The fraction of sp³-hybridized carbons (Fsp3) is 0.250. The van der Waals surface area contributed by atoms with Gasteiger partial charge in [-0.15, -0.1) is 0 Å². The van der Waals surface area contributed by atoms with Crippen LogP contribution in [0.15, 0.2) is 71.8 Å². The van der Waals surface area contributed by atoms with Crippen LogP contribution in [-0.4, -0.2) is 54.2 Å². The molecular formula is C32H35ClN6O6S. The number of methoxy groups -OCH3 is 1. The lowest BCUT2D eigenvalue weighted by Gasteiger charge is -2.16. The van der Waals surface area contributed by atoms with Crippen molar-refractivity contribution in [2.75, 3.05) is 29.6 Å². The maximum Gasteiger partial charge on any atom is 0.255 e. The maximum atomic E-state index is 12.9. The summed E-state index contributed by atoms with van der Waals surface area (Å²) < 4.78 is 31.3. The number of benzene rings is 3. The third-order valence-electron chi connectivity index (χ3n) is 6.88. The minimum absolute atomic E-state index is 0.0804. The van der Waals surface area contributed by atoms with Gasteiger partial charge in [0, 0.05) is 5.69 Å². The fourth-order valence-electron chi connectivity index (χ4n) is 4.27. The molecule has 0 aliphatic heterocycles. The highest BCUT2D eigenvalue weighted by Gasteiger charge is 2.23. The molecule has 0 bridgehead atoms. The molecule has 0 aliphatic carbocycles. The standard InChI is InChI=1S/C32H35ClN6O6S/c1-18(2)20-10-12-26(40)22(14-20)31(42)34-17-29(41)36-21-11-13-27(45-5)25(15-21)38-32-35-16-23(33)30(39-32)37-24-8-6-7-9-28(24)46(43,44)19(3)4/h6-16,18-19,40H,17H2,1-5H3,(H,34,42)(H,36,41)(H2,35,37,38,39). The zero-order valence-electron chi connectivity index (χ0n) is 25.9. The predicted octanol–water partition coefficient (Wildman–Crippen LogP) is 6.01. The number of carbonyl (C=O) groups is 2. The monoisotopic (exact) mass is 666 g/mol. The quantitative estimate of drug-likeness (QED) is 0.121. The molecule has 12 nitrogen and oxygen atoms in total. The Bertz CT molecular complexity index is 1870. The zero-order chi connectivity index (χ0) is 33.6. The Hall–Kier alpha value is -4.88. The normalized spacial score (nSPS) is 11.3. The van der Waals surface area contributed by atoms with Crippen molar-refractivity contribution in [2.24, 2.45) is 0 Å². The van der Waals surface area contributed by atoms with Crippen LogP contribution in [0.1, 0.15) is 49.5 Å². The number of rotatable bonds is 12. The van der Waals surface area contributed by atoms with E-state index >= 15 is 0 Å². The summed E-state index contributed by atoms with van der Waals surface area (Å²) in [5.41, 5.74) is 2.04. The summed E-state index contributed by atoms with van der Waals surface area (Å²) in [7, 11) is -2.13. The van der Waals surface area contributed by atoms with Crippen molar-refractivity contribution in [3.63, 3.8) is 0 Å². The predicted molar refractivity (Wildman–Crippen MR) is 179 cm³/mol. The number of nitrogens with zero attached hydrogens (tertiary/aromatic N) is 2. The molecule has 0 unspecified atom stereocenters. The van der Waals surface area contributed by atoms with Crippen molar-refractivity contribution in [2.45, 2.75) is 43.8 Å². The smallest absolute Gasteiger partial charge is 0.255 e. The molecule has 1 aromatic heterocycles. The van der Waals surface area contributed by atoms with Gasteiger partial charge in [0.25, 0.3) is 5.91 Å². The summed E-state index contributed by atoms with van der Waals surface area (Å²) in [6.07, 6.45) is 1.36. The first kappa shape index (κ1) is 34.0. The van der Waals surface area contributed by atoms with Gasteiger partial charge in [-0.05, 0) is 67.8 Å². The Labute approximate surface area is 272 Å². The number of phenols is 1. The van der Waals surface area contributed by atoms with E-state index in [1.807, 2.05) is 13.8 Å². The van der Waals surface area contributed by atoms with E-state index in [1.165, 1.54) is 25.4 Å². The van der Waals surface area contributed by atoms with Crippen LogP contribution in [0.3, 0.4) is 0 Å². The molecule has 46 heavy (non-hydrogen) atoms. The molecule has 0 aliphatic rings. The van der Waals surface area contributed by atoms with Crippen LogP contribution < -0.4 is 26.0 Å². The fourth-order valence-corrected chi connectivity index (χ4v) is 5.61. The van der Waals surface area contributed by atoms with Crippen molar-refractivity contribution in [3.05, 3.63) is 83.0 Å². The minimum atomic E-state index is -3.60. The molecule has 4 aromatic rings. The number of halogens is 1. The first-order chi connectivity index (χ1) is 21.8. The first-order valence-electron chi connectivity index (χ1n) is 14.3. The molecule has 0 saturated heterocycles. The lowest BCUT2D eigenvalue weighted by atomic mass is 10.00. The lowest BCUT2D eigenvalue weighted by Crippen LogP contribution is -2.33. The second-order valence-electron chi connectivity index (χ2n) is 10.8. The number of amides is 2. The number of anilines is 5. The lowest BCUT2D eigenvalue weighted by molar-refractivity contribution is -0.115. The maximum absolute atomic E-state index is 12.9. The highest BCUT2D eigenvalue weighted by atomic mass is 35.5. The van der Waals surface area contributed by atoms with Crippen LogP contribution in [0, 0.1) is 0 Å². The third-order valence-corrected chi connectivity index (χ3v) is 9.37. The van der Waals surface area contributed by atoms with Crippen molar-refractivity contribution in [3.8, 4) is 11.5 Å². The number of phenolic OH excluding ortho intramolecular Hbond substituents is 1. The molecule has 2 amide bonds. The van der Waals surface area contributed by atoms with E-state index in [0.717, 1.165) is 5.56 Å². The van der Waals surface area contributed by atoms with Crippen LogP contribution in [0.2, 0.25) is 5.02 Å². The highest BCUT2D eigenvalue weighted by molar-refractivity contribution is 7.92. The first-order valence-corrected chi connectivity index (χ1v) is 16.2. The van der Waals surface area contributed by atoms with Crippen LogP contribution in [-0.2, 0) is 14.6 Å². The number of para-hydroxylation sites is 1. The van der Waals surface area contributed by atoms with Gasteiger partial charge in [0.15, 0.2) is 15.7 Å². The van der Waals surface area contributed by atoms with Gasteiger partial charge in [0.1, 0.15) is 16.5 Å². The molecule has 0 saturated carbocycles. The summed E-state index contributed by atoms with van der Waals surface area (Å²) in [4.78, 5) is 34.1. The summed E-state index contributed by atoms with van der Waals surface area (Å²) >= 11 is 6.36. The topological polar surface area (TPSA) is 172 Å². The highest BCUT2D eigenvalue weighted by Crippen LogP contribution is 2.33. The molecule has 5 N–H and O–H groups in total. The average Bonchev–Trinajstić information content (AvgIpc) is 3.02. The molecule has 3 aromatic carbocycles. The number of hydrogen-bond donors (Lipinski definition) is 5. The van der Waals surface area contributed by atoms with E-state index in [-0.39, 0.29) is 45.5 Å². The van der Waals surface area contributed by atoms with Gasteiger partial charge in [-0.3, -0.25) is 9.59 Å². The third kappa shape index (κ3) is 8.03. The number of sulfone groups is 1. The van der Waals surface area contributed by atoms with Gasteiger partial charge in [0.2, 0.25) is 11.9 Å². The zero-order valence-corrected chi connectivity index (χ0v) is 27.5. The van der Waals surface area contributed by atoms with Crippen molar-refractivity contribution in [1.82, 2.24) is 15.3 Å². The molecule has 1 heterocycles. The Morgan fingerprint density at radius 3 is 2.41 bits per heavy atom. The Balaban J connectivity index is 1.49. The van der Waals surface area contributed by atoms with Crippen molar-refractivity contribution < 1.29 is 27.9 Å².